The second-order valence-electron chi connectivity index (χ2n) is 6.31. The van der Waals surface area contributed by atoms with Crippen molar-refractivity contribution in [3.05, 3.63) is 78.6 Å². The predicted molar refractivity (Wildman–Crippen MR) is 99.5 cm³/mol. The van der Waals surface area contributed by atoms with E-state index < -0.39 is 0 Å². The fraction of sp³-hybridized carbons (Fsp3) is 0.190. The molecule has 2 aromatic carbocycles. The number of anilines is 2. The molecule has 1 aliphatic rings. The van der Waals surface area contributed by atoms with Crippen molar-refractivity contribution < 1.29 is 0 Å². The molecule has 1 aliphatic heterocycles. The van der Waals surface area contributed by atoms with E-state index in [9.17, 15) is 0 Å². The number of pyridine rings is 1. The van der Waals surface area contributed by atoms with E-state index in [0.717, 1.165) is 19.6 Å². The largest absolute Gasteiger partial charge is 0.340 e. The Morgan fingerprint density at radius 1 is 0.875 bits per heavy atom. The Morgan fingerprint density at radius 2 is 1.75 bits per heavy atom. The van der Waals surface area contributed by atoms with Crippen LogP contribution in [0.5, 0.6) is 0 Å². The van der Waals surface area contributed by atoms with Crippen LogP contribution in [-0.2, 0) is 6.54 Å². The van der Waals surface area contributed by atoms with Crippen LogP contribution < -0.4 is 4.90 Å². The first-order valence-corrected chi connectivity index (χ1v) is 8.36. The number of para-hydroxylation sites is 1. The topological polar surface area (TPSA) is 19.4 Å². The van der Waals surface area contributed by atoms with Crippen molar-refractivity contribution in [2.75, 3.05) is 25.0 Å². The van der Waals surface area contributed by atoms with E-state index in [2.05, 4.69) is 76.4 Å². The third kappa shape index (κ3) is 2.91. The molecule has 3 aromatic rings. The van der Waals surface area contributed by atoms with Gasteiger partial charge >= 0.3 is 0 Å². The minimum atomic E-state index is 0.965. The molecular formula is C21H21N3. The van der Waals surface area contributed by atoms with Crippen LogP contribution in [-0.4, -0.2) is 30.0 Å². The molecule has 0 amide bonds. The third-order valence-corrected chi connectivity index (χ3v) is 4.58. The summed E-state index contributed by atoms with van der Waals surface area (Å²) in [6.07, 6.45) is 3.75. The molecule has 3 heteroatoms. The van der Waals surface area contributed by atoms with Crippen LogP contribution in [0.4, 0.5) is 11.4 Å². The van der Waals surface area contributed by atoms with Gasteiger partial charge in [-0.05, 0) is 54.1 Å². The number of aromatic nitrogens is 1. The zero-order valence-corrected chi connectivity index (χ0v) is 13.9. The van der Waals surface area contributed by atoms with Crippen LogP contribution >= 0.6 is 0 Å². The van der Waals surface area contributed by atoms with E-state index in [4.69, 9.17) is 0 Å². The van der Waals surface area contributed by atoms with Gasteiger partial charge in [-0.1, -0.05) is 30.3 Å². The maximum Gasteiger partial charge on any atom is 0.0457 e. The standard InChI is InChI=1S/C21H21N3/c1-23-12-13-24(20-7-3-2-4-8-20)21-10-9-17(14-19(21)16-23)18-6-5-11-22-15-18/h2-11,14-15H,12-13,16H2,1H3. The minimum absolute atomic E-state index is 0.965. The van der Waals surface area contributed by atoms with Crippen LogP contribution in [0.25, 0.3) is 11.1 Å². The summed E-state index contributed by atoms with van der Waals surface area (Å²) >= 11 is 0. The van der Waals surface area contributed by atoms with E-state index in [1.165, 1.54) is 28.1 Å². The fourth-order valence-electron chi connectivity index (χ4n) is 3.33. The average molecular weight is 315 g/mol. The molecule has 0 atom stereocenters. The van der Waals surface area contributed by atoms with Crippen molar-refractivity contribution in [2.24, 2.45) is 0 Å². The highest BCUT2D eigenvalue weighted by Gasteiger charge is 2.19. The quantitative estimate of drug-likeness (QED) is 0.701. The summed E-state index contributed by atoms with van der Waals surface area (Å²) in [5, 5.41) is 0. The van der Waals surface area contributed by atoms with E-state index in [-0.39, 0.29) is 0 Å². The van der Waals surface area contributed by atoms with Crippen molar-refractivity contribution >= 4 is 11.4 Å². The molecule has 2 heterocycles. The Labute approximate surface area is 143 Å². The Balaban J connectivity index is 1.79. The number of fused-ring (bicyclic) bond motifs is 1. The van der Waals surface area contributed by atoms with Gasteiger partial charge in [0.1, 0.15) is 0 Å². The Morgan fingerprint density at radius 3 is 2.54 bits per heavy atom. The summed E-state index contributed by atoms with van der Waals surface area (Å²) in [5.41, 5.74) is 6.31. The van der Waals surface area contributed by atoms with E-state index >= 15 is 0 Å². The van der Waals surface area contributed by atoms with Gasteiger partial charge in [0, 0.05) is 43.4 Å². The Bertz CT molecular complexity index is 815. The molecular weight excluding hydrogens is 294 g/mol. The summed E-state index contributed by atoms with van der Waals surface area (Å²) in [5.74, 6) is 0. The monoisotopic (exact) mass is 315 g/mol. The molecule has 0 saturated carbocycles. The van der Waals surface area contributed by atoms with Crippen molar-refractivity contribution in [3.63, 3.8) is 0 Å². The molecule has 24 heavy (non-hydrogen) atoms. The lowest BCUT2D eigenvalue weighted by Crippen LogP contribution is -2.26. The van der Waals surface area contributed by atoms with Crippen LogP contribution in [0.3, 0.4) is 0 Å². The van der Waals surface area contributed by atoms with Gasteiger partial charge in [-0.3, -0.25) is 4.98 Å². The van der Waals surface area contributed by atoms with Crippen molar-refractivity contribution in [1.82, 2.24) is 9.88 Å². The molecule has 0 N–H and O–H groups in total. The lowest BCUT2D eigenvalue weighted by atomic mass is 10.0. The van der Waals surface area contributed by atoms with Gasteiger partial charge in [-0.2, -0.15) is 0 Å². The molecule has 4 rings (SSSR count). The Kier molecular flexibility index (Phi) is 4.01. The van der Waals surface area contributed by atoms with Gasteiger partial charge in [0.25, 0.3) is 0 Å². The molecule has 0 radical (unpaired) electrons. The van der Waals surface area contributed by atoms with Gasteiger partial charge in [0.15, 0.2) is 0 Å². The zero-order chi connectivity index (χ0) is 16.4. The molecule has 1 aromatic heterocycles. The second kappa shape index (κ2) is 6.46. The molecule has 120 valence electrons. The number of nitrogens with zero attached hydrogens (tertiary/aromatic N) is 3. The van der Waals surface area contributed by atoms with E-state index in [1.54, 1.807) is 0 Å². The van der Waals surface area contributed by atoms with E-state index in [0.29, 0.717) is 0 Å². The van der Waals surface area contributed by atoms with Gasteiger partial charge < -0.3 is 9.80 Å². The second-order valence-corrected chi connectivity index (χ2v) is 6.31. The summed E-state index contributed by atoms with van der Waals surface area (Å²) in [4.78, 5) is 9.05. The number of likely N-dealkylation sites (N-methyl/N-ethyl adjacent to an activating group) is 1. The number of benzene rings is 2. The van der Waals surface area contributed by atoms with Gasteiger partial charge in [-0.25, -0.2) is 0 Å². The molecule has 0 aliphatic carbocycles. The molecule has 0 fully saturated rings. The smallest absolute Gasteiger partial charge is 0.0457 e. The highest BCUT2D eigenvalue weighted by atomic mass is 15.2. The fourth-order valence-corrected chi connectivity index (χ4v) is 3.33. The molecule has 0 spiro atoms. The van der Waals surface area contributed by atoms with Crippen LogP contribution in [0.2, 0.25) is 0 Å². The third-order valence-electron chi connectivity index (χ3n) is 4.58. The predicted octanol–water partition coefficient (Wildman–Crippen LogP) is 4.33. The van der Waals surface area contributed by atoms with Gasteiger partial charge in [0.05, 0.1) is 0 Å². The SMILES string of the molecule is CN1CCN(c2ccccc2)c2ccc(-c3cccnc3)cc2C1. The molecule has 0 saturated heterocycles. The first kappa shape index (κ1) is 14.9. The maximum atomic E-state index is 4.25. The van der Waals surface area contributed by atoms with Crippen molar-refractivity contribution in [2.45, 2.75) is 6.54 Å². The van der Waals surface area contributed by atoms with Gasteiger partial charge in [0.2, 0.25) is 0 Å². The summed E-state index contributed by atoms with van der Waals surface area (Å²) in [7, 11) is 2.19. The van der Waals surface area contributed by atoms with Crippen LogP contribution in [0, 0.1) is 0 Å². The van der Waals surface area contributed by atoms with E-state index in [1.807, 2.05) is 18.5 Å². The van der Waals surface area contributed by atoms with Crippen LogP contribution in [0.1, 0.15) is 5.56 Å². The maximum absolute atomic E-state index is 4.25. The highest BCUT2D eigenvalue weighted by molar-refractivity contribution is 5.73. The minimum Gasteiger partial charge on any atom is -0.340 e. The zero-order valence-electron chi connectivity index (χ0n) is 13.9. The number of hydrogen-bond donors (Lipinski definition) is 0. The average Bonchev–Trinajstić information content (AvgIpc) is 2.80. The van der Waals surface area contributed by atoms with Crippen LogP contribution in [0.15, 0.2) is 73.1 Å². The molecule has 0 unspecified atom stereocenters. The summed E-state index contributed by atoms with van der Waals surface area (Å²) < 4.78 is 0. The van der Waals surface area contributed by atoms with Gasteiger partial charge in [-0.15, -0.1) is 0 Å². The summed E-state index contributed by atoms with van der Waals surface area (Å²) in [6, 6.07) is 21.5. The number of rotatable bonds is 2. The summed E-state index contributed by atoms with van der Waals surface area (Å²) in [6.45, 7) is 3.01. The molecule has 0 bridgehead atoms. The first-order chi connectivity index (χ1) is 11.8. The normalized spacial score (nSPS) is 15.0. The molecule has 3 nitrogen and oxygen atoms in total. The highest BCUT2D eigenvalue weighted by Crippen LogP contribution is 2.34. The first-order valence-electron chi connectivity index (χ1n) is 8.36. The van der Waals surface area contributed by atoms with Crippen molar-refractivity contribution in [3.8, 4) is 11.1 Å². The number of hydrogen-bond acceptors (Lipinski definition) is 3. The van der Waals surface area contributed by atoms with Crippen molar-refractivity contribution in [1.29, 1.82) is 0 Å². The lowest BCUT2D eigenvalue weighted by molar-refractivity contribution is 0.343. The Hall–Kier alpha value is -2.65. The lowest BCUT2D eigenvalue weighted by Gasteiger charge is -2.25.